The van der Waals surface area contributed by atoms with E-state index in [2.05, 4.69) is 10.6 Å². The van der Waals surface area contributed by atoms with Crippen molar-refractivity contribution in [1.82, 2.24) is 20.4 Å². The molecule has 9 nitrogen and oxygen atoms in total. The molecule has 0 radical (unpaired) electrons. The van der Waals surface area contributed by atoms with E-state index in [-0.39, 0.29) is 11.8 Å². The molecule has 1 aromatic heterocycles. The van der Waals surface area contributed by atoms with Crippen LogP contribution in [0.15, 0.2) is 5.38 Å². The average molecular weight is 423 g/mol. The summed E-state index contributed by atoms with van der Waals surface area (Å²) in [7, 11) is 0. The largest absolute Gasteiger partial charge is 0.379 e. The van der Waals surface area contributed by atoms with Crippen molar-refractivity contribution in [2.45, 2.75) is 38.9 Å². The molecule has 158 valence electrons. The summed E-state index contributed by atoms with van der Waals surface area (Å²) >= 11 is 1.44. The van der Waals surface area contributed by atoms with Crippen LogP contribution in [0.2, 0.25) is 0 Å². The van der Waals surface area contributed by atoms with Gasteiger partial charge in [-0.25, -0.2) is 0 Å². The third kappa shape index (κ3) is 5.01. The van der Waals surface area contributed by atoms with E-state index >= 15 is 0 Å². The normalized spacial score (nSPS) is 17.7. The molecule has 0 bridgehead atoms. The zero-order valence-electron chi connectivity index (χ0n) is 16.4. The minimum Gasteiger partial charge on any atom is -0.379 e. The highest BCUT2D eigenvalue weighted by Crippen LogP contribution is 2.33. The molecule has 2 N–H and O–H groups in total. The van der Waals surface area contributed by atoms with Gasteiger partial charge in [0.15, 0.2) is 0 Å². The van der Waals surface area contributed by atoms with Crippen molar-refractivity contribution in [2.24, 2.45) is 0 Å². The molecule has 2 aliphatic rings. The average Bonchev–Trinajstić information content (AvgIpc) is 3.25. The number of imide groups is 1. The standard InChI is InChI=1S/C19H26N4O5S/c1-2-3-15(18(26)21-12-24)23-9-13-14(19(23)27)11-29-16(13)8-20-17(25)10-22-4-6-28-7-5-22/h11-12,15H,2-10H2,1H3,(H,20,25)(H,21,24,26). The molecule has 1 unspecified atom stereocenters. The quantitative estimate of drug-likeness (QED) is 0.546. The van der Waals surface area contributed by atoms with Crippen LogP contribution in [0, 0.1) is 0 Å². The van der Waals surface area contributed by atoms with Crippen LogP contribution in [0.1, 0.15) is 40.6 Å². The summed E-state index contributed by atoms with van der Waals surface area (Å²) in [5.74, 6) is -0.740. The van der Waals surface area contributed by atoms with Crippen molar-refractivity contribution >= 4 is 35.5 Å². The van der Waals surface area contributed by atoms with Crippen LogP contribution in [0.25, 0.3) is 0 Å². The summed E-state index contributed by atoms with van der Waals surface area (Å²) in [5.41, 5.74) is 1.43. The Kier molecular flexibility index (Phi) is 7.34. The fourth-order valence-corrected chi connectivity index (χ4v) is 4.60. The van der Waals surface area contributed by atoms with Gasteiger partial charge in [0.1, 0.15) is 6.04 Å². The van der Waals surface area contributed by atoms with Crippen LogP contribution in [0.4, 0.5) is 0 Å². The minimum absolute atomic E-state index is 0.0653. The first-order chi connectivity index (χ1) is 14.0. The van der Waals surface area contributed by atoms with Crippen molar-refractivity contribution < 1.29 is 23.9 Å². The molecule has 1 atom stereocenters. The number of amides is 4. The Hall–Kier alpha value is -2.30. The number of fused-ring (bicyclic) bond motifs is 1. The van der Waals surface area contributed by atoms with Gasteiger partial charge in [0.05, 0.1) is 31.9 Å². The maximum absolute atomic E-state index is 12.8. The van der Waals surface area contributed by atoms with E-state index in [4.69, 9.17) is 4.74 Å². The van der Waals surface area contributed by atoms with Crippen LogP contribution >= 0.6 is 11.3 Å². The van der Waals surface area contributed by atoms with Crippen LogP contribution in [0.5, 0.6) is 0 Å². The van der Waals surface area contributed by atoms with E-state index < -0.39 is 11.9 Å². The highest BCUT2D eigenvalue weighted by Gasteiger charge is 2.37. The van der Waals surface area contributed by atoms with Gasteiger partial charge in [0.2, 0.25) is 18.2 Å². The van der Waals surface area contributed by atoms with E-state index in [1.807, 2.05) is 11.8 Å². The van der Waals surface area contributed by atoms with Gasteiger partial charge in [-0.15, -0.1) is 11.3 Å². The Bertz CT molecular complexity index is 775. The molecule has 1 fully saturated rings. The van der Waals surface area contributed by atoms with Gasteiger partial charge in [-0.05, 0) is 12.0 Å². The Labute approximate surface area is 173 Å². The number of ether oxygens (including phenoxy) is 1. The van der Waals surface area contributed by atoms with E-state index in [0.717, 1.165) is 23.5 Å². The molecule has 29 heavy (non-hydrogen) atoms. The fourth-order valence-electron chi connectivity index (χ4n) is 3.63. The lowest BCUT2D eigenvalue weighted by Crippen LogP contribution is -2.46. The fraction of sp³-hybridized carbons (Fsp3) is 0.579. The number of hydrogen-bond donors (Lipinski definition) is 2. The SMILES string of the molecule is CCCC(C(=O)NC=O)N1Cc2c(csc2CNC(=O)CN2CCOCC2)C1=O. The lowest BCUT2D eigenvalue weighted by molar-refractivity contribution is -0.129. The van der Waals surface area contributed by atoms with Gasteiger partial charge in [0, 0.05) is 29.9 Å². The summed E-state index contributed by atoms with van der Waals surface area (Å²) in [5, 5.41) is 6.86. The van der Waals surface area contributed by atoms with E-state index in [9.17, 15) is 19.2 Å². The Morgan fingerprint density at radius 1 is 1.34 bits per heavy atom. The van der Waals surface area contributed by atoms with Gasteiger partial charge in [-0.3, -0.25) is 29.4 Å². The number of thiophene rings is 1. The first kappa shape index (κ1) is 21.4. The Morgan fingerprint density at radius 3 is 2.79 bits per heavy atom. The molecule has 4 amide bonds. The summed E-state index contributed by atoms with van der Waals surface area (Å²) in [6, 6.07) is -0.682. The molecular weight excluding hydrogens is 396 g/mol. The van der Waals surface area contributed by atoms with Gasteiger partial charge in [-0.1, -0.05) is 13.3 Å². The molecule has 2 aliphatic heterocycles. The van der Waals surface area contributed by atoms with E-state index in [1.54, 1.807) is 5.38 Å². The number of rotatable bonds is 9. The lowest BCUT2D eigenvalue weighted by atomic mass is 10.1. The molecule has 3 heterocycles. The first-order valence-corrected chi connectivity index (χ1v) is 10.6. The summed E-state index contributed by atoms with van der Waals surface area (Å²) in [4.78, 5) is 52.4. The molecule has 0 aliphatic carbocycles. The highest BCUT2D eigenvalue weighted by atomic mass is 32.1. The predicted molar refractivity (Wildman–Crippen MR) is 106 cm³/mol. The highest BCUT2D eigenvalue weighted by molar-refractivity contribution is 7.10. The van der Waals surface area contributed by atoms with Crippen LogP contribution in [-0.2, 0) is 32.2 Å². The van der Waals surface area contributed by atoms with Crippen LogP contribution < -0.4 is 10.6 Å². The van der Waals surface area contributed by atoms with Crippen molar-refractivity contribution in [1.29, 1.82) is 0 Å². The second kappa shape index (κ2) is 9.95. The number of nitrogens with zero attached hydrogens (tertiary/aromatic N) is 2. The summed E-state index contributed by atoms with van der Waals surface area (Å²) in [6.07, 6.45) is 1.53. The number of nitrogens with one attached hydrogen (secondary N) is 2. The maximum atomic E-state index is 12.8. The van der Waals surface area contributed by atoms with E-state index in [1.165, 1.54) is 16.2 Å². The number of hydrogen-bond acceptors (Lipinski definition) is 7. The predicted octanol–water partition coefficient (Wildman–Crippen LogP) is 0.0936. The molecule has 0 saturated carbocycles. The number of carbonyl (C=O) groups is 4. The van der Waals surface area contributed by atoms with Gasteiger partial charge in [0.25, 0.3) is 5.91 Å². The first-order valence-electron chi connectivity index (χ1n) is 9.76. The molecule has 0 spiro atoms. The molecule has 10 heteroatoms. The molecular formula is C19H26N4O5S. The van der Waals surface area contributed by atoms with E-state index in [0.29, 0.717) is 57.7 Å². The second-order valence-electron chi connectivity index (χ2n) is 7.08. The van der Waals surface area contributed by atoms with Gasteiger partial charge in [-0.2, -0.15) is 0 Å². The number of carbonyl (C=O) groups excluding carboxylic acids is 4. The molecule has 1 saturated heterocycles. The van der Waals surface area contributed by atoms with Crippen molar-refractivity contribution in [2.75, 3.05) is 32.8 Å². The zero-order valence-corrected chi connectivity index (χ0v) is 17.3. The van der Waals surface area contributed by atoms with Crippen molar-refractivity contribution in [3.8, 4) is 0 Å². The maximum Gasteiger partial charge on any atom is 0.256 e. The molecule has 3 rings (SSSR count). The van der Waals surface area contributed by atoms with Crippen molar-refractivity contribution in [3.63, 3.8) is 0 Å². The summed E-state index contributed by atoms with van der Waals surface area (Å²) < 4.78 is 5.28. The Balaban J connectivity index is 1.61. The molecule has 0 aromatic carbocycles. The third-order valence-corrected chi connectivity index (χ3v) is 6.19. The van der Waals surface area contributed by atoms with Crippen molar-refractivity contribution in [3.05, 3.63) is 21.4 Å². The van der Waals surface area contributed by atoms with Gasteiger partial charge >= 0.3 is 0 Å². The van der Waals surface area contributed by atoms with Crippen LogP contribution in [-0.4, -0.2) is 72.8 Å². The monoisotopic (exact) mass is 422 g/mol. The zero-order chi connectivity index (χ0) is 20.8. The third-order valence-electron chi connectivity index (χ3n) is 5.16. The lowest BCUT2D eigenvalue weighted by Gasteiger charge is -2.26. The van der Waals surface area contributed by atoms with Crippen LogP contribution in [0.3, 0.4) is 0 Å². The smallest absolute Gasteiger partial charge is 0.256 e. The second-order valence-corrected chi connectivity index (χ2v) is 8.04. The topological polar surface area (TPSA) is 108 Å². The Morgan fingerprint density at radius 2 is 2.10 bits per heavy atom. The molecule has 1 aromatic rings. The summed E-state index contributed by atoms with van der Waals surface area (Å²) in [6.45, 7) is 5.67. The van der Waals surface area contributed by atoms with Gasteiger partial charge < -0.3 is 15.0 Å². The minimum atomic E-state index is -0.682. The number of morpholine rings is 1.